The van der Waals surface area contributed by atoms with Crippen LogP contribution in [0.15, 0.2) is 30.3 Å². The Morgan fingerprint density at radius 1 is 1.16 bits per heavy atom. The molecule has 2 rings (SSSR count). The van der Waals surface area contributed by atoms with Crippen molar-refractivity contribution in [3.05, 3.63) is 52.8 Å². The van der Waals surface area contributed by atoms with Crippen molar-refractivity contribution in [2.75, 3.05) is 0 Å². The van der Waals surface area contributed by atoms with Gasteiger partial charge in [-0.15, -0.1) is 0 Å². The molecule has 0 saturated carbocycles. The van der Waals surface area contributed by atoms with Gasteiger partial charge in [-0.05, 0) is 31.0 Å². The third-order valence-electron chi connectivity index (χ3n) is 3.24. The van der Waals surface area contributed by atoms with Crippen LogP contribution in [0.1, 0.15) is 36.4 Å². The van der Waals surface area contributed by atoms with Crippen LogP contribution in [0.2, 0.25) is 0 Å². The van der Waals surface area contributed by atoms with E-state index in [1.54, 1.807) is 0 Å². The van der Waals surface area contributed by atoms with Crippen LogP contribution >= 0.6 is 0 Å². The largest absolute Gasteiger partial charge is 0.310 e. The number of aromatic nitrogens is 2. The first-order chi connectivity index (χ1) is 9.06. The molecule has 1 aromatic heterocycles. The summed E-state index contributed by atoms with van der Waals surface area (Å²) in [6.07, 6.45) is 0. The summed E-state index contributed by atoms with van der Waals surface area (Å²) in [6, 6.07) is 11.2. The molecule has 0 amide bonds. The lowest BCUT2D eigenvalue weighted by Gasteiger charge is -2.13. The summed E-state index contributed by atoms with van der Waals surface area (Å²) >= 11 is 0. The highest BCUT2D eigenvalue weighted by Gasteiger charge is 2.06. The maximum Gasteiger partial charge on any atom is 0.0665 e. The van der Waals surface area contributed by atoms with Crippen LogP contribution in [0.3, 0.4) is 0 Å². The van der Waals surface area contributed by atoms with Gasteiger partial charge in [-0.2, -0.15) is 5.10 Å². The van der Waals surface area contributed by atoms with Crippen LogP contribution in [0, 0.1) is 13.8 Å². The molecule has 1 heterocycles. The topological polar surface area (TPSA) is 29.9 Å². The normalized spacial score (nSPS) is 11.2. The molecule has 1 N–H and O–H groups in total. The average molecular weight is 257 g/mol. The third kappa shape index (κ3) is 3.67. The van der Waals surface area contributed by atoms with Gasteiger partial charge < -0.3 is 5.32 Å². The zero-order valence-corrected chi connectivity index (χ0v) is 12.3. The Morgan fingerprint density at radius 2 is 1.84 bits per heavy atom. The second-order valence-electron chi connectivity index (χ2n) is 5.39. The highest BCUT2D eigenvalue weighted by atomic mass is 15.3. The van der Waals surface area contributed by atoms with Gasteiger partial charge in [-0.25, -0.2) is 0 Å². The first-order valence-electron chi connectivity index (χ1n) is 6.87. The third-order valence-corrected chi connectivity index (χ3v) is 3.24. The Hall–Kier alpha value is -1.61. The van der Waals surface area contributed by atoms with Crippen molar-refractivity contribution in [1.82, 2.24) is 15.1 Å². The quantitative estimate of drug-likeness (QED) is 0.892. The summed E-state index contributed by atoms with van der Waals surface area (Å²) in [5.41, 5.74) is 4.98. The molecule has 0 radical (unpaired) electrons. The Morgan fingerprint density at radius 3 is 2.42 bits per heavy atom. The van der Waals surface area contributed by atoms with E-state index in [-0.39, 0.29) is 0 Å². The van der Waals surface area contributed by atoms with E-state index < -0.39 is 0 Å². The number of rotatable bonds is 5. The molecule has 3 heteroatoms. The fourth-order valence-electron chi connectivity index (χ4n) is 2.19. The number of nitrogens with one attached hydrogen (secondary N) is 1. The average Bonchev–Trinajstić information content (AvgIpc) is 2.67. The van der Waals surface area contributed by atoms with Crippen molar-refractivity contribution in [2.45, 2.75) is 46.8 Å². The lowest BCUT2D eigenvalue weighted by atomic mass is 10.1. The van der Waals surface area contributed by atoms with Crippen LogP contribution in [-0.2, 0) is 13.1 Å². The molecule has 2 aromatic rings. The summed E-state index contributed by atoms with van der Waals surface area (Å²) < 4.78 is 2.07. The van der Waals surface area contributed by atoms with Crippen LogP contribution < -0.4 is 5.32 Å². The van der Waals surface area contributed by atoms with Gasteiger partial charge in [0.1, 0.15) is 0 Å². The molecule has 0 unspecified atom stereocenters. The molecule has 19 heavy (non-hydrogen) atoms. The van der Waals surface area contributed by atoms with Gasteiger partial charge in [-0.3, -0.25) is 4.68 Å². The van der Waals surface area contributed by atoms with Crippen molar-refractivity contribution >= 4 is 0 Å². The van der Waals surface area contributed by atoms with E-state index in [0.29, 0.717) is 6.04 Å². The molecule has 102 valence electrons. The molecule has 0 spiro atoms. The Kier molecular flexibility index (Phi) is 4.38. The molecule has 0 aliphatic heterocycles. The first kappa shape index (κ1) is 13.8. The highest BCUT2D eigenvalue weighted by Crippen LogP contribution is 2.12. The minimum Gasteiger partial charge on any atom is -0.310 e. The van der Waals surface area contributed by atoms with Crippen molar-refractivity contribution in [3.63, 3.8) is 0 Å². The lowest BCUT2D eigenvalue weighted by molar-refractivity contribution is 0.580. The van der Waals surface area contributed by atoms with Crippen molar-refractivity contribution in [2.24, 2.45) is 0 Å². The van der Waals surface area contributed by atoms with Gasteiger partial charge >= 0.3 is 0 Å². The Bertz CT molecular complexity index is 541. The van der Waals surface area contributed by atoms with E-state index >= 15 is 0 Å². The summed E-state index contributed by atoms with van der Waals surface area (Å²) in [5, 5.41) is 8.02. The van der Waals surface area contributed by atoms with Gasteiger partial charge in [0.2, 0.25) is 0 Å². The number of benzene rings is 1. The molecule has 1 aromatic carbocycles. The van der Waals surface area contributed by atoms with Crippen LogP contribution in [0.4, 0.5) is 0 Å². The smallest absolute Gasteiger partial charge is 0.0665 e. The maximum atomic E-state index is 4.54. The molecular weight excluding hydrogens is 234 g/mol. The van der Waals surface area contributed by atoms with Gasteiger partial charge in [0.15, 0.2) is 0 Å². The first-order valence-corrected chi connectivity index (χ1v) is 6.87. The fourth-order valence-corrected chi connectivity index (χ4v) is 2.19. The van der Waals surface area contributed by atoms with Crippen LogP contribution in [0.5, 0.6) is 0 Å². The van der Waals surface area contributed by atoms with Gasteiger partial charge in [0.25, 0.3) is 0 Å². The van der Waals surface area contributed by atoms with Crippen LogP contribution in [0.25, 0.3) is 0 Å². The minimum atomic E-state index is 0.502. The fraction of sp³-hybridized carbons (Fsp3) is 0.438. The second-order valence-corrected chi connectivity index (χ2v) is 5.39. The van der Waals surface area contributed by atoms with E-state index in [9.17, 15) is 0 Å². The zero-order valence-electron chi connectivity index (χ0n) is 12.3. The molecule has 3 nitrogen and oxygen atoms in total. The number of aryl methyl sites for hydroxylation is 2. The highest BCUT2D eigenvalue weighted by molar-refractivity contribution is 5.27. The van der Waals surface area contributed by atoms with E-state index in [4.69, 9.17) is 0 Å². The van der Waals surface area contributed by atoms with E-state index in [1.807, 2.05) is 6.92 Å². The van der Waals surface area contributed by atoms with Gasteiger partial charge in [-0.1, -0.05) is 38.1 Å². The molecule has 0 fully saturated rings. The molecule has 0 atom stereocenters. The Balaban J connectivity index is 2.17. The molecular formula is C16H23N3. The summed E-state index contributed by atoms with van der Waals surface area (Å²) in [4.78, 5) is 0. The van der Waals surface area contributed by atoms with Crippen molar-refractivity contribution in [1.29, 1.82) is 0 Å². The lowest BCUT2D eigenvalue weighted by Crippen LogP contribution is -2.22. The van der Waals surface area contributed by atoms with E-state index in [1.165, 1.54) is 16.8 Å². The van der Waals surface area contributed by atoms with Crippen molar-refractivity contribution in [3.8, 4) is 0 Å². The molecule has 0 saturated heterocycles. The second kappa shape index (κ2) is 6.02. The Labute approximate surface area is 115 Å². The predicted molar refractivity (Wildman–Crippen MR) is 79.2 cm³/mol. The predicted octanol–water partition coefficient (Wildman–Crippen LogP) is 3.05. The van der Waals surface area contributed by atoms with E-state index in [2.05, 4.69) is 66.2 Å². The molecule has 0 aliphatic rings. The molecule has 0 aliphatic carbocycles. The SMILES string of the molecule is Cc1cc(C)n(Cc2ccccc2CNC(C)C)n1. The van der Waals surface area contributed by atoms with Gasteiger partial charge in [0, 0.05) is 18.3 Å². The van der Waals surface area contributed by atoms with Gasteiger partial charge in [0.05, 0.1) is 12.2 Å². The summed E-state index contributed by atoms with van der Waals surface area (Å²) in [7, 11) is 0. The minimum absolute atomic E-state index is 0.502. The standard InChI is InChI=1S/C16H23N3/c1-12(2)17-10-15-7-5-6-8-16(15)11-19-14(4)9-13(3)18-19/h5-9,12,17H,10-11H2,1-4H3. The maximum absolute atomic E-state index is 4.54. The molecule has 0 bridgehead atoms. The number of hydrogen-bond donors (Lipinski definition) is 1. The zero-order chi connectivity index (χ0) is 13.8. The summed E-state index contributed by atoms with van der Waals surface area (Å²) in [5.74, 6) is 0. The number of nitrogens with zero attached hydrogens (tertiary/aromatic N) is 2. The summed E-state index contributed by atoms with van der Waals surface area (Å²) in [6.45, 7) is 10.2. The van der Waals surface area contributed by atoms with Crippen LogP contribution in [-0.4, -0.2) is 15.8 Å². The van der Waals surface area contributed by atoms with Crippen molar-refractivity contribution < 1.29 is 0 Å². The van der Waals surface area contributed by atoms with E-state index in [0.717, 1.165) is 18.8 Å². The monoisotopic (exact) mass is 257 g/mol. The number of hydrogen-bond acceptors (Lipinski definition) is 2.